The van der Waals surface area contributed by atoms with Crippen LogP contribution in [-0.4, -0.2) is 39.8 Å². The molecule has 0 saturated carbocycles. The second kappa shape index (κ2) is 6.70. The topological polar surface area (TPSA) is 48.6 Å². The lowest BCUT2D eigenvalue weighted by Gasteiger charge is -2.27. The van der Waals surface area contributed by atoms with Gasteiger partial charge in [-0.2, -0.15) is 0 Å². The maximum Gasteiger partial charge on any atom is 0.115 e. The van der Waals surface area contributed by atoms with Crippen molar-refractivity contribution >= 4 is 10.9 Å². The number of hydrogen-bond acceptors (Lipinski definition) is 3. The van der Waals surface area contributed by atoms with Gasteiger partial charge in [-0.05, 0) is 62.7 Å². The monoisotopic (exact) mass is 364 g/mol. The van der Waals surface area contributed by atoms with E-state index in [-0.39, 0.29) is 5.75 Å². The van der Waals surface area contributed by atoms with Crippen molar-refractivity contribution in [2.24, 2.45) is 0 Å². The van der Waals surface area contributed by atoms with Gasteiger partial charge in [0.25, 0.3) is 0 Å². The lowest BCUT2D eigenvalue weighted by molar-refractivity contribution is 0.0387. The van der Waals surface area contributed by atoms with Crippen molar-refractivity contribution in [1.82, 2.24) is 9.47 Å². The molecular weight excluding hydrogens is 336 g/mol. The van der Waals surface area contributed by atoms with Crippen LogP contribution in [0.15, 0.2) is 42.5 Å². The molecule has 4 nitrogen and oxygen atoms in total. The number of fused-ring (bicyclic) bond motifs is 3. The van der Waals surface area contributed by atoms with Gasteiger partial charge in [0.1, 0.15) is 11.4 Å². The number of phenols is 1. The number of aromatic hydroxyl groups is 1. The van der Waals surface area contributed by atoms with E-state index in [0.29, 0.717) is 6.54 Å². The van der Waals surface area contributed by atoms with Crippen LogP contribution in [-0.2, 0) is 25.0 Å². The first-order chi connectivity index (χ1) is 12.8. The van der Waals surface area contributed by atoms with Crippen LogP contribution >= 0.6 is 0 Å². The van der Waals surface area contributed by atoms with Crippen molar-refractivity contribution < 1.29 is 10.2 Å². The summed E-state index contributed by atoms with van der Waals surface area (Å²) < 4.78 is 2.32. The highest BCUT2D eigenvalue weighted by Gasteiger charge is 2.28. The molecule has 1 aliphatic rings. The Bertz CT molecular complexity index is 970. The SMILES string of the molecule is Cc1ccc2c(c1)c1c(n2CC(C)(O)c2ccc(O)cc2)CCN(C)CC1. The fourth-order valence-electron chi connectivity index (χ4n) is 4.27. The molecule has 0 amide bonds. The molecule has 1 aliphatic heterocycles. The van der Waals surface area contributed by atoms with Gasteiger partial charge in [0.2, 0.25) is 0 Å². The number of nitrogens with zero attached hydrogens (tertiary/aromatic N) is 2. The van der Waals surface area contributed by atoms with Crippen LogP contribution in [0.4, 0.5) is 0 Å². The van der Waals surface area contributed by atoms with Crippen molar-refractivity contribution in [2.75, 3.05) is 20.1 Å². The second-order valence-electron chi connectivity index (χ2n) is 8.16. The third-order valence-electron chi connectivity index (χ3n) is 5.87. The molecule has 4 heteroatoms. The number of benzene rings is 2. The average molecular weight is 364 g/mol. The molecule has 3 aromatic rings. The molecule has 1 atom stereocenters. The van der Waals surface area contributed by atoms with Gasteiger partial charge in [-0.3, -0.25) is 0 Å². The summed E-state index contributed by atoms with van der Waals surface area (Å²) in [6.07, 6.45) is 2.03. The summed E-state index contributed by atoms with van der Waals surface area (Å²) in [4.78, 5) is 2.38. The Labute approximate surface area is 160 Å². The molecule has 0 spiro atoms. The van der Waals surface area contributed by atoms with Crippen LogP contribution in [0.2, 0.25) is 0 Å². The first-order valence-electron chi connectivity index (χ1n) is 9.66. The Hall–Kier alpha value is -2.30. The fraction of sp³-hybridized carbons (Fsp3) is 0.391. The minimum Gasteiger partial charge on any atom is -0.508 e. The molecule has 4 rings (SSSR count). The fourth-order valence-corrected chi connectivity index (χ4v) is 4.27. The van der Waals surface area contributed by atoms with Crippen LogP contribution in [0.5, 0.6) is 5.75 Å². The van der Waals surface area contributed by atoms with Crippen LogP contribution < -0.4 is 0 Å². The summed E-state index contributed by atoms with van der Waals surface area (Å²) in [5.41, 5.74) is 5.04. The number of hydrogen-bond donors (Lipinski definition) is 2. The highest BCUT2D eigenvalue weighted by atomic mass is 16.3. The van der Waals surface area contributed by atoms with Crippen molar-refractivity contribution in [3.05, 3.63) is 64.8 Å². The minimum atomic E-state index is -1.02. The van der Waals surface area contributed by atoms with Crippen LogP contribution in [0.1, 0.15) is 29.3 Å². The molecule has 0 saturated heterocycles. The summed E-state index contributed by atoms with van der Waals surface area (Å²) in [6.45, 7) is 6.58. The van der Waals surface area contributed by atoms with E-state index in [1.54, 1.807) is 24.3 Å². The smallest absolute Gasteiger partial charge is 0.115 e. The lowest BCUT2D eigenvalue weighted by atomic mass is 9.95. The Balaban J connectivity index is 1.82. The molecule has 1 aromatic heterocycles. The van der Waals surface area contributed by atoms with E-state index in [1.807, 2.05) is 6.92 Å². The first kappa shape index (κ1) is 18.1. The highest BCUT2D eigenvalue weighted by molar-refractivity contribution is 5.86. The summed E-state index contributed by atoms with van der Waals surface area (Å²) in [6, 6.07) is 13.5. The van der Waals surface area contributed by atoms with Gasteiger partial charge < -0.3 is 19.7 Å². The van der Waals surface area contributed by atoms with Crippen molar-refractivity contribution in [2.45, 2.75) is 38.8 Å². The van der Waals surface area contributed by atoms with Crippen molar-refractivity contribution in [3.63, 3.8) is 0 Å². The molecule has 2 aromatic carbocycles. The molecule has 0 aliphatic carbocycles. The number of phenolic OH excluding ortho intramolecular Hbond substituents is 1. The maximum absolute atomic E-state index is 11.3. The van der Waals surface area contributed by atoms with E-state index in [0.717, 1.165) is 31.5 Å². The number of likely N-dealkylation sites (N-methyl/N-ethyl adjacent to an activating group) is 1. The summed E-state index contributed by atoms with van der Waals surface area (Å²) in [7, 11) is 2.18. The van der Waals surface area contributed by atoms with E-state index in [4.69, 9.17) is 0 Å². The van der Waals surface area contributed by atoms with Gasteiger partial charge in [0, 0.05) is 36.1 Å². The van der Waals surface area contributed by atoms with Gasteiger partial charge in [-0.1, -0.05) is 23.8 Å². The molecule has 1 unspecified atom stereocenters. The normalized spacial score (nSPS) is 17.5. The van der Waals surface area contributed by atoms with Crippen LogP contribution in [0.25, 0.3) is 10.9 Å². The predicted octanol–water partition coefficient (Wildman–Crippen LogP) is 3.59. The van der Waals surface area contributed by atoms with E-state index >= 15 is 0 Å². The largest absolute Gasteiger partial charge is 0.508 e. The zero-order chi connectivity index (χ0) is 19.2. The number of aryl methyl sites for hydroxylation is 1. The molecule has 0 fully saturated rings. The molecule has 142 valence electrons. The second-order valence-corrected chi connectivity index (χ2v) is 8.16. The number of aromatic nitrogens is 1. The van der Waals surface area contributed by atoms with Crippen molar-refractivity contribution in [3.8, 4) is 5.75 Å². The van der Waals surface area contributed by atoms with Gasteiger partial charge >= 0.3 is 0 Å². The molecular formula is C23H28N2O2. The zero-order valence-corrected chi connectivity index (χ0v) is 16.4. The van der Waals surface area contributed by atoms with E-state index in [1.165, 1.54) is 27.7 Å². The molecule has 2 N–H and O–H groups in total. The number of rotatable bonds is 3. The molecule has 27 heavy (non-hydrogen) atoms. The van der Waals surface area contributed by atoms with E-state index in [9.17, 15) is 10.2 Å². The van der Waals surface area contributed by atoms with E-state index < -0.39 is 5.60 Å². The average Bonchev–Trinajstić information content (AvgIpc) is 2.76. The van der Waals surface area contributed by atoms with Crippen molar-refractivity contribution in [1.29, 1.82) is 0 Å². The quantitative estimate of drug-likeness (QED) is 0.747. The Kier molecular flexibility index (Phi) is 4.49. The Morgan fingerprint density at radius 2 is 1.74 bits per heavy atom. The molecule has 0 radical (unpaired) electrons. The number of aliphatic hydroxyl groups is 1. The van der Waals surface area contributed by atoms with Crippen LogP contribution in [0.3, 0.4) is 0 Å². The van der Waals surface area contributed by atoms with Gasteiger partial charge in [-0.15, -0.1) is 0 Å². The Morgan fingerprint density at radius 3 is 2.48 bits per heavy atom. The van der Waals surface area contributed by atoms with Gasteiger partial charge in [0.05, 0.1) is 6.54 Å². The Morgan fingerprint density at radius 1 is 1.04 bits per heavy atom. The minimum absolute atomic E-state index is 0.216. The summed E-state index contributed by atoms with van der Waals surface area (Å²) in [5, 5.41) is 22.2. The maximum atomic E-state index is 11.3. The third-order valence-corrected chi connectivity index (χ3v) is 5.87. The zero-order valence-electron chi connectivity index (χ0n) is 16.4. The lowest BCUT2D eigenvalue weighted by Crippen LogP contribution is -2.29. The molecule has 2 heterocycles. The molecule has 0 bridgehead atoms. The first-order valence-corrected chi connectivity index (χ1v) is 9.66. The third kappa shape index (κ3) is 3.35. The van der Waals surface area contributed by atoms with Gasteiger partial charge in [0.15, 0.2) is 0 Å². The van der Waals surface area contributed by atoms with E-state index in [2.05, 4.69) is 41.6 Å². The summed E-state index contributed by atoms with van der Waals surface area (Å²) in [5.74, 6) is 0.216. The summed E-state index contributed by atoms with van der Waals surface area (Å²) >= 11 is 0. The van der Waals surface area contributed by atoms with Crippen LogP contribution in [0, 0.1) is 6.92 Å². The predicted molar refractivity (Wildman–Crippen MR) is 109 cm³/mol. The van der Waals surface area contributed by atoms with Gasteiger partial charge in [-0.25, -0.2) is 0 Å². The standard InChI is InChI=1S/C23H28N2O2/c1-16-4-9-21-20(14-16)19-10-12-24(3)13-11-22(19)25(21)15-23(2,27)17-5-7-18(26)8-6-17/h4-9,14,26-27H,10-13,15H2,1-3H3. The highest BCUT2D eigenvalue weighted by Crippen LogP contribution is 2.33.